The van der Waals surface area contributed by atoms with Gasteiger partial charge in [-0.1, -0.05) is 59.6 Å². The number of amides is 1. The highest BCUT2D eigenvalue weighted by Crippen LogP contribution is 2.31. The number of ketones is 1. The van der Waals surface area contributed by atoms with Gasteiger partial charge in [0.15, 0.2) is 11.6 Å². The second-order valence-corrected chi connectivity index (χ2v) is 10.2. The average Bonchev–Trinajstić information content (AvgIpc) is 3.49. The molecule has 0 saturated carbocycles. The summed E-state index contributed by atoms with van der Waals surface area (Å²) in [7, 11) is 0. The van der Waals surface area contributed by atoms with Gasteiger partial charge in [0.1, 0.15) is 5.82 Å². The molecule has 0 aliphatic carbocycles. The van der Waals surface area contributed by atoms with Crippen LogP contribution in [0.25, 0.3) is 0 Å². The van der Waals surface area contributed by atoms with Gasteiger partial charge in [-0.3, -0.25) is 14.3 Å². The molecule has 2 aliphatic heterocycles. The van der Waals surface area contributed by atoms with Crippen molar-refractivity contribution in [1.29, 1.82) is 0 Å². The molecule has 3 aromatic rings. The number of nitrogens with one attached hydrogen (secondary N) is 2. The van der Waals surface area contributed by atoms with Gasteiger partial charge in [0.05, 0.1) is 6.54 Å². The van der Waals surface area contributed by atoms with Gasteiger partial charge in [0, 0.05) is 59.8 Å². The minimum Gasteiger partial charge on any atom is -0.389 e. The molecule has 0 spiro atoms. The Bertz CT molecular complexity index is 1260. The average molecular weight is 542 g/mol. The first-order valence-corrected chi connectivity index (χ1v) is 13.3. The lowest BCUT2D eigenvalue weighted by Gasteiger charge is -2.19. The van der Waals surface area contributed by atoms with Crippen LogP contribution in [0.3, 0.4) is 0 Å². The molecule has 5 rings (SSSR count). The first kappa shape index (κ1) is 25.6. The Hall–Kier alpha value is -3.07. The van der Waals surface area contributed by atoms with E-state index in [4.69, 9.17) is 27.9 Å². The van der Waals surface area contributed by atoms with Crippen molar-refractivity contribution in [2.24, 2.45) is 0 Å². The molecule has 1 saturated heterocycles. The highest BCUT2D eigenvalue weighted by Gasteiger charge is 2.28. The van der Waals surface area contributed by atoms with Gasteiger partial charge in [-0.2, -0.15) is 0 Å². The third-order valence-corrected chi connectivity index (χ3v) is 7.48. The number of carbonyl (C=O) groups excluding carboxylic acids is 2. The van der Waals surface area contributed by atoms with Crippen molar-refractivity contribution in [1.82, 2.24) is 19.8 Å². The zero-order valence-corrected chi connectivity index (χ0v) is 21.9. The zero-order chi connectivity index (χ0) is 25.8. The molecule has 1 amide bonds. The standard InChI is InChI=1S/C27H29Cl2N5O3/c28-21-9-6-10-22(29)20(21)17-33-14-12-19(16-33)31-27(36)37-26-25(32-24-11-4-5-13-34(24)26)30-15-23(35)18-7-2-1-3-8-18/h1-3,6-10,19,30H,4-5,11-17H2,(H,31,36). The number of Topliss-reactive ketones (excluding diaryl/α,β-unsaturated/α-hetero) is 1. The van der Waals surface area contributed by atoms with E-state index in [9.17, 15) is 9.59 Å². The number of fused-ring (bicyclic) bond motifs is 1. The van der Waals surface area contributed by atoms with Crippen LogP contribution in [0.2, 0.25) is 10.0 Å². The molecule has 1 fully saturated rings. The molecule has 37 heavy (non-hydrogen) atoms. The van der Waals surface area contributed by atoms with Crippen LogP contribution in [-0.4, -0.2) is 52.0 Å². The number of rotatable bonds is 8. The smallest absolute Gasteiger partial charge is 0.389 e. The number of hydrogen-bond acceptors (Lipinski definition) is 6. The van der Waals surface area contributed by atoms with E-state index < -0.39 is 6.09 Å². The van der Waals surface area contributed by atoms with Gasteiger partial charge in [0.2, 0.25) is 5.88 Å². The van der Waals surface area contributed by atoms with E-state index in [0.717, 1.165) is 50.2 Å². The predicted octanol–water partition coefficient (Wildman–Crippen LogP) is 5.18. The SMILES string of the molecule is O=C(NC1CCN(Cc2c(Cl)cccc2Cl)C1)Oc1c(NCC(=O)c2ccccc2)nc2n1CCCC2. The summed E-state index contributed by atoms with van der Waals surface area (Å²) in [5.41, 5.74) is 1.50. The fourth-order valence-corrected chi connectivity index (χ4v) is 5.37. The summed E-state index contributed by atoms with van der Waals surface area (Å²) in [6, 6.07) is 14.5. The van der Waals surface area contributed by atoms with Crippen molar-refractivity contribution in [3.8, 4) is 5.88 Å². The Balaban J connectivity index is 1.21. The van der Waals surface area contributed by atoms with Crippen LogP contribution in [0.1, 0.15) is 41.0 Å². The molecule has 2 aromatic carbocycles. The minimum absolute atomic E-state index is 0.0562. The number of halogens is 2. The third kappa shape index (κ3) is 6.09. The Morgan fingerprint density at radius 3 is 2.59 bits per heavy atom. The summed E-state index contributed by atoms with van der Waals surface area (Å²) in [6.07, 6.45) is 3.06. The molecule has 1 aromatic heterocycles. The second kappa shape index (κ2) is 11.5. The quantitative estimate of drug-likeness (QED) is 0.382. The van der Waals surface area contributed by atoms with Crippen LogP contribution in [0.15, 0.2) is 48.5 Å². The van der Waals surface area contributed by atoms with Crippen LogP contribution >= 0.6 is 23.2 Å². The first-order chi connectivity index (χ1) is 18.0. The topological polar surface area (TPSA) is 88.5 Å². The summed E-state index contributed by atoms with van der Waals surface area (Å²) in [5.74, 6) is 1.56. The molecule has 3 heterocycles. The lowest BCUT2D eigenvalue weighted by atomic mass is 10.1. The van der Waals surface area contributed by atoms with Gasteiger partial charge >= 0.3 is 6.09 Å². The number of likely N-dealkylation sites (tertiary alicyclic amines) is 1. The summed E-state index contributed by atoms with van der Waals surface area (Å²) < 4.78 is 7.72. The van der Waals surface area contributed by atoms with Gasteiger partial charge < -0.3 is 15.4 Å². The first-order valence-electron chi connectivity index (χ1n) is 12.5. The number of benzene rings is 2. The maximum atomic E-state index is 12.9. The predicted molar refractivity (Wildman–Crippen MR) is 144 cm³/mol. The van der Waals surface area contributed by atoms with E-state index in [-0.39, 0.29) is 18.4 Å². The van der Waals surface area contributed by atoms with E-state index in [2.05, 4.69) is 20.5 Å². The van der Waals surface area contributed by atoms with Gasteiger partial charge in [-0.25, -0.2) is 9.78 Å². The molecule has 2 aliphatic rings. The normalized spacial score (nSPS) is 17.3. The van der Waals surface area contributed by atoms with E-state index in [0.29, 0.717) is 40.4 Å². The number of imidazole rings is 1. The fraction of sp³-hybridized carbons (Fsp3) is 0.370. The highest BCUT2D eigenvalue weighted by atomic mass is 35.5. The van der Waals surface area contributed by atoms with Crippen LogP contribution in [0.4, 0.5) is 10.6 Å². The monoisotopic (exact) mass is 541 g/mol. The summed E-state index contributed by atoms with van der Waals surface area (Å²) >= 11 is 12.6. The number of ether oxygens (including phenoxy) is 1. The lowest BCUT2D eigenvalue weighted by molar-refractivity contribution is 0.101. The molecule has 1 unspecified atom stereocenters. The molecule has 8 nitrogen and oxygen atoms in total. The number of aryl methyl sites for hydroxylation is 1. The van der Waals surface area contributed by atoms with Gasteiger partial charge in [0.25, 0.3) is 0 Å². The Labute approximate surface area is 225 Å². The lowest BCUT2D eigenvalue weighted by Crippen LogP contribution is -2.39. The summed E-state index contributed by atoms with van der Waals surface area (Å²) in [5, 5.41) is 7.35. The van der Waals surface area contributed by atoms with E-state index in [1.165, 1.54) is 0 Å². The number of carbonyl (C=O) groups is 2. The van der Waals surface area contributed by atoms with Gasteiger partial charge in [-0.15, -0.1) is 0 Å². The van der Waals surface area contributed by atoms with Crippen molar-refractivity contribution in [3.05, 3.63) is 75.5 Å². The molecule has 0 radical (unpaired) electrons. The van der Waals surface area contributed by atoms with Crippen molar-refractivity contribution >= 4 is 40.9 Å². The van der Waals surface area contributed by atoms with Crippen LogP contribution < -0.4 is 15.4 Å². The van der Waals surface area contributed by atoms with Gasteiger partial charge in [-0.05, 0) is 31.4 Å². The molecular weight excluding hydrogens is 513 g/mol. The fourth-order valence-electron chi connectivity index (χ4n) is 4.85. The third-order valence-electron chi connectivity index (χ3n) is 6.77. The van der Waals surface area contributed by atoms with Crippen molar-refractivity contribution in [3.63, 3.8) is 0 Å². The number of aromatic nitrogens is 2. The number of nitrogens with zero attached hydrogens (tertiary/aromatic N) is 3. The zero-order valence-electron chi connectivity index (χ0n) is 20.4. The molecular formula is C27H29Cl2N5O3. The van der Waals surface area contributed by atoms with Crippen LogP contribution in [0, 0.1) is 0 Å². The van der Waals surface area contributed by atoms with E-state index in [1.54, 1.807) is 12.1 Å². The highest BCUT2D eigenvalue weighted by molar-refractivity contribution is 6.35. The van der Waals surface area contributed by atoms with Crippen LogP contribution in [-0.2, 0) is 19.5 Å². The number of hydrogen-bond donors (Lipinski definition) is 2. The van der Waals surface area contributed by atoms with Crippen LogP contribution in [0.5, 0.6) is 5.88 Å². The molecule has 10 heteroatoms. The summed E-state index contributed by atoms with van der Waals surface area (Å²) in [6.45, 7) is 2.86. The van der Waals surface area contributed by atoms with Crippen molar-refractivity contribution in [2.45, 2.75) is 44.8 Å². The summed E-state index contributed by atoms with van der Waals surface area (Å²) in [4.78, 5) is 32.3. The minimum atomic E-state index is -0.534. The van der Waals surface area contributed by atoms with Crippen molar-refractivity contribution in [2.75, 3.05) is 25.0 Å². The maximum Gasteiger partial charge on any atom is 0.414 e. The van der Waals surface area contributed by atoms with Crippen molar-refractivity contribution < 1.29 is 14.3 Å². The number of anilines is 1. The Morgan fingerprint density at radius 1 is 1.03 bits per heavy atom. The van der Waals surface area contributed by atoms with E-state index >= 15 is 0 Å². The molecule has 1 atom stereocenters. The Kier molecular flexibility index (Phi) is 7.98. The largest absolute Gasteiger partial charge is 0.414 e. The molecule has 2 N–H and O–H groups in total. The Morgan fingerprint density at radius 2 is 1.81 bits per heavy atom. The van der Waals surface area contributed by atoms with E-state index in [1.807, 2.05) is 41.0 Å². The second-order valence-electron chi connectivity index (χ2n) is 9.39. The maximum absolute atomic E-state index is 12.9. The molecule has 194 valence electrons. The molecule has 0 bridgehead atoms.